The number of hydrogen-bond donors (Lipinski definition) is 0. The summed E-state index contributed by atoms with van der Waals surface area (Å²) in [5.74, 6) is -0.243. The Hall–Kier alpha value is -0.920. The molecule has 0 N–H and O–H groups in total. The van der Waals surface area contributed by atoms with Crippen LogP contribution in [0.3, 0.4) is 0 Å². The molecule has 50 valence electrons. The molecule has 0 spiro atoms. The Morgan fingerprint density at radius 2 is 2.22 bits per heavy atom. The van der Waals surface area contributed by atoms with Crippen LogP contribution in [0.1, 0.15) is 13.0 Å². The zero-order chi connectivity index (χ0) is 5.98. The lowest BCUT2D eigenvalue weighted by Crippen LogP contribution is -1.80. The van der Waals surface area contributed by atoms with Gasteiger partial charge < -0.3 is 0 Å². The van der Waals surface area contributed by atoms with E-state index in [-0.39, 0.29) is 13.2 Å². The molecule has 0 unspecified atom stereocenters. The van der Waals surface area contributed by atoms with Crippen LogP contribution >= 0.6 is 0 Å². The standard InChI is InChI=1S/C6H6FN.CH4/c1-5-2-3-8-4-6(5)7;/h2-4H,1H3;1H4. The van der Waals surface area contributed by atoms with Crippen molar-refractivity contribution in [3.05, 3.63) is 29.8 Å². The summed E-state index contributed by atoms with van der Waals surface area (Å²) in [6.07, 6.45) is 2.77. The van der Waals surface area contributed by atoms with Crippen LogP contribution in [0.4, 0.5) is 4.39 Å². The van der Waals surface area contributed by atoms with Crippen molar-refractivity contribution in [1.29, 1.82) is 0 Å². The van der Waals surface area contributed by atoms with E-state index in [4.69, 9.17) is 0 Å². The van der Waals surface area contributed by atoms with Crippen LogP contribution in [0.5, 0.6) is 0 Å². The van der Waals surface area contributed by atoms with Gasteiger partial charge in [-0.25, -0.2) is 4.39 Å². The first-order valence-electron chi connectivity index (χ1n) is 2.37. The molecule has 0 saturated carbocycles. The molecule has 9 heavy (non-hydrogen) atoms. The molecule has 1 rings (SSSR count). The fraction of sp³-hybridized carbons (Fsp3) is 0.286. The van der Waals surface area contributed by atoms with Crippen molar-refractivity contribution in [3.8, 4) is 0 Å². The fourth-order valence-corrected chi connectivity index (χ4v) is 0.445. The van der Waals surface area contributed by atoms with Crippen LogP contribution in [-0.4, -0.2) is 4.98 Å². The maximum atomic E-state index is 12.3. The number of halogens is 1. The number of hydrogen-bond acceptors (Lipinski definition) is 1. The van der Waals surface area contributed by atoms with E-state index in [0.717, 1.165) is 0 Å². The zero-order valence-corrected chi connectivity index (χ0v) is 4.56. The monoisotopic (exact) mass is 127 g/mol. The smallest absolute Gasteiger partial charge is 0.144 e. The number of pyridine rings is 1. The van der Waals surface area contributed by atoms with Gasteiger partial charge in [0.2, 0.25) is 0 Å². The van der Waals surface area contributed by atoms with E-state index in [9.17, 15) is 4.39 Å². The van der Waals surface area contributed by atoms with Crippen LogP contribution in [0.2, 0.25) is 0 Å². The maximum Gasteiger partial charge on any atom is 0.144 e. The van der Waals surface area contributed by atoms with E-state index in [1.54, 1.807) is 19.2 Å². The highest BCUT2D eigenvalue weighted by Gasteiger charge is 1.89. The van der Waals surface area contributed by atoms with Gasteiger partial charge in [-0.05, 0) is 18.6 Å². The number of nitrogens with zero attached hydrogens (tertiary/aromatic N) is 1. The largest absolute Gasteiger partial charge is 0.262 e. The molecule has 0 atom stereocenters. The Balaban J connectivity index is 0.000000640. The molecular weight excluding hydrogens is 117 g/mol. The summed E-state index contributed by atoms with van der Waals surface area (Å²) < 4.78 is 12.3. The van der Waals surface area contributed by atoms with Crippen molar-refractivity contribution in [2.75, 3.05) is 0 Å². The SMILES string of the molecule is C.Cc1ccncc1F. The maximum absolute atomic E-state index is 12.3. The second kappa shape index (κ2) is 3.17. The van der Waals surface area contributed by atoms with E-state index in [0.29, 0.717) is 5.56 Å². The number of rotatable bonds is 0. The van der Waals surface area contributed by atoms with Gasteiger partial charge in [-0.2, -0.15) is 0 Å². The zero-order valence-electron chi connectivity index (χ0n) is 4.56. The minimum absolute atomic E-state index is 0. The van der Waals surface area contributed by atoms with Crippen molar-refractivity contribution >= 4 is 0 Å². The van der Waals surface area contributed by atoms with Gasteiger partial charge in [0.15, 0.2) is 0 Å². The minimum atomic E-state index is -0.243. The van der Waals surface area contributed by atoms with Crippen molar-refractivity contribution in [1.82, 2.24) is 4.98 Å². The average molecular weight is 127 g/mol. The molecule has 1 aromatic heterocycles. The topological polar surface area (TPSA) is 12.9 Å². The minimum Gasteiger partial charge on any atom is -0.262 e. The van der Waals surface area contributed by atoms with Crippen LogP contribution < -0.4 is 0 Å². The highest BCUT2D eigenvalue weighted by Crippen LogP contribution is 1.99. The first-order valence-corrected chi connectivity index (χ1v) is 2.37. The van der Waals surface area contributed by atoms with Gasteiger partial charge in [-0.3, -0.25) is 4.98 Å². The molecule has 0 aliphatic heterocycles. The van der Waals surface area contributed by atoms with Gasteiger partial charge in [0.1, 0.15) is 5.82 Å². The summed E-state index contributed by atoms with van der Waals surface area (Å²) in [7, 11) is 0. The summed E-state index contributed by atoms with van der Waals surface area (Å²) in [6, 6.07) is 1.63. The molecule has 1 aromatic rings. The van der Waals surface area contributed by atoms with Crippen LogP contribution in [-0.2, 0) is 0 Å². The van der Waals surface area contributed by atoms with Crippen LogP contribution in [0.15, 0.2) is 18.5 Å². The molecule has 0 aromatic carbocycles. The lowest BCUT2D eigenvalue weighted by atomic mass is 10.3. The Morgan fingerprint density at radius 3 is 2.56 bits per heavy atom. The Kier molecular flexibility index (Phi) is 2.85. The summed E-state index contributed by atoms with van der Waals surface area (Å²) in [5.41, 5.74) is 0.639. The molecule has 0 saturated heterocycles. The van der Waals surface area contributed by atoms with Gasteiger partial charge in [-0.15, -0.1) is 0 Å². The van der Waals surface area contributed by atoms with E-state index in [1.165, 1.54) is 6.20 Å². The van der Waals surface area contributed by atoms with Crippen molar-refractivity contribution in [3.63, 3.8) is 0 Å². The average Bonchev–Trinajstić information content (AvgIpc) is 1.77. The summed E-state index contributed by atoms with van der Waals surface area (Å²) in [4.78, 5) is 3.57. The molecule has 0 radical (unpaired) electrons. The lowest BCUT2D eigenvalue weighted by molar-refractivity contribution is 0.612. The normalized spacial score (nSPS) is 8.22. The van der Waals surface area contributed by atoms with Crippen molar-refractivity contribution < 1.29 is 4.39 Å². The molecule has 2 heteroatoms. The second-order valence-corrected chi connectivity index (χ2v) is 1.62. The Morgan fingerprint density at radius 1 is 1.56 bits per heavy atom. The molecular formula is C7H10FN. The van der Waals surface area contributed by atoms with Crippen molar-refractivity contribution in [2.45, 2.75) is 14.4 Å². The van der Waals surface area contributed by atoms with Gasteiger partial charge in [0.25, 0.3) is 0 Å². The molecule has 0 fully saturated rings. The van der Waals surface area contributed by atoms with Gasteiger partial charge in [0.05, 0.1) is 6.20 Å². The predicted octanol–water partition coefficient (Wildman–Crippen LogP) is 2.17. The second-order valence-electron chi connectivity index (χ2n) is 1.62. The summed E-state index contributed by atoms with van der Waals surface area (Å²) >= 11 is 0. The molecule has 1 heterocycles. The Labute approximate surface area is 54.6 Å². The fourth-order valence-electron chi connectivity index (χ4n) is 0.445. The third-order valence-electron chi connectivity index (χ3n) is 0.975. The quantitative estimate of drug-likeness (QED) is 0.520. The van der Waals surface area contributed by atoms with E-state index in [1.807, 2.05) is 0 Å². The lowest BCUT2D eigenvalue weighted by Gasteiger charge is -1.88. The number of aryl methyl sites for hydroxylation is 1. The number of aromatic nitrogens is 1. The highest BCUT2D eigenvalue weighted by molar-refractivity contribution is 5.08. The van der Waals surface area contributed by atoms with Crippen molar-refractivity contribution in [2.24, 2.45) is 0 Å². The highest BCUT2D eigenvalue weighted by atomic mass is 19.1. The predicted molar refractivity (Wildman–Crippen MR) is 35.7 cm³/mol. The first kappa shape index (κ1) is 8.08. The third-order valence-corrected chi connectivity index (χ3v) is 0.975. The Bertz CT molecular complexity index is 165. The van der Waals surface area contributed by atoms with E-state index >= 15 is 0 Å². The summed E-state index contributed by atoms with van der Waals surface area (Å²) in [5, 5.41) is 0. The van der Waals surface area contributed by atoms with E-state index < -0.39 is 0 Å². The molecule has 0 aliphatic rings. The summed E-state index contributed by atoms with van der Waals surface area (Å²) in [6.45, 7) is 1.71. The molecule has 0 amide bonds. The first-order chi connectivity index (χ1) is 3.80. The molecule has 0 bridgehead atoms. The van der Waals surface area contributed by atoms with Crippen LogP contribution in [0.25, 0.3) is 0 Å². The molecule has 0 aliphatic carbocycles. The van der Waals surface area contributed by atoms with Crippen LogP contribution in [0, 0.1) is 12.7 Å². The van der Waals surface area contributed by atoms with Gasteiger partial charge in [-0.1, -0.05) is 7.43 Å². The van der Waals surface area contributed by atoms with E-state index in [2.05, 4.69) is 4.98 Å². The van der Waals surface area contributed by atoms with Gasteiger partial charge in [0, 0.05) is 6.20 Å². The third kappa shape index (κ3) is 1.80. The van der Waals surface area contributed by atoms with Gasteiger partial charge >= 0.3 is 0 Å². The molecule has 1 nitrogen and oxygen atoms in total.